The van der Waals surface area contributed by atoms with Gasteiger partial charge in [-0.05, 0) is 18.2 Å². The number of nitrogens with one attached hydrogen (secondary N) is 2. The summed E-state index contributed by atoms with van der Waals surface area (Å²) >= 11 is 11.4. The van der Waals surface area contributed by atoms with Crippen LogP contribution < -0.4 is 16.4 Å². The number of carbonyl (C=O) groups is 1. The van der Waals surface area contributed by atoms with Gasteiger partial charge in [0.05, 0.1) is 28.4 Å². The van der Waals surface area contributed by atoms with Crippen molar-refractivity contribution in [3.05, 3.63) is 61.3 Å². The minimum absolute atomic E-state index is 0.0179. The Balaban J connectivity index is 1.81. The zero-order valence-electron chi connectivity index (χ0n) is 11.9. The summed E-state index contributed by atoms with van der Waals surface area (Å²) in [7, 11) is 0. The van der Waals surface area contributed by atoms with E-state index in [1.165, 1.54) is 12.4 Å². The predicted molar refractivity (Wildman–Crippen MR) is 89.5 cm³/mol. The highest BCUT2D eigenvalue weighted by Crippen LogP contribution is 2.15. The van der Waals surface area contributed by atoms with Crippen molar-refractivity contribution in [3.63, 3.8) is 0 Å². The second-order valence-corrected chi connectivity index (χ2v) is 5.58. The van der Waals surface area contributed by atoms with Crippen LogP contribution >= 0.6 is 23.2 Å². The molecule has 0 aliphatic rings. The van der Waals surface area contributed by atoms with Gasteiger partial charge in [-0.3, -0.25) is 14.4 Å². The first kappa shape index (κ1) is 16.2. The van der Waals surface area contributed by atoms with Crippen molar-refractivity contribution in [1.82, 2.24) is 19.7 Å². The topological polar surface area (TPSA) is 110 Å². The molecule has 0 spiro atoms. The molecule has 0 radical (unpaired) electrons. The van der Waals surface area contributed by atoms with Gasteiger partial charge in [0.15, 0.2) is 0 Å². The molecule has 0 saturated carbocycles. The molecule has 8 nitrogen and oxygen atoms in total. The van der Waals surface area contributed by atoms with Crippen LogP contribution in [0.1, 0.15) is 0 Å². The summed E-state index contributed by atoms with van der Waals surface area (Å²) < 4.78 is 0.897. The molecule has 0 aliphatic carbocycles. The van der Waals surface area contributed by atoms with Crippen molar-refractivity contribution >= 4 is 45.8 Å². The molecular formula is C14H9Cl2N5O3. The number of halogens is 2. The Morgan fingerprint density at radius 2 is 2.04 bits per heavy atom. The van der Waals surface area contributed by atoms with Gasteiger partial charge < -0.3 is 10.3 Å². The summed E-state index contributed by atoms with van der Waals surface area (Å²) in [6.45, 7) is -0.336. The second-order valence-electron chi connectivity index (χ2n) is 4.80. The lowest BCUT2D eigenvalue weighted by Crippen LogP contribution is -2.29. The minimum atomic E-state index is -0.661. The molecule has 0 aliphatic heterocycles. The van der Waals surface area contributed by atoms with Crippen LogP contribution in [0.25, 0.3) is 11.0 Å². The molecule has 0 atom stereocenters. The molecule has 0 fully saturated rings. The normalized spacial score (nSPS) is 10.8. The quantitative estimate of drug-likeness (QED) is 0.729. The second kappa shape index (κ2) is 6.42. The third-order valence-electron chi connectivity index (χ3n) is 3.09. The fourth-order valence-corrected chi connectivity index (χ4v) is 2.28. The Morgan fingerprint density at radius 1 is 1.25 bits per heavy atom. The predicted octanol–water partition coefficient (Wildman–Crippen LogP) is 1.43. The standard InChI is InChI=1S/C14H9Cl2N5O3/c15-8-4-18-21(14(24)13(8)16)6-12(23)19-7-1-2-9-10(3-7)20-11(22)5-17-9/h1-5H,6H2,(H,19,23)(H,20,22). The number of fused-ring (bicyclic) bond motifs is 1. The number of amides is 1. The van der Waals surface area contributed by atoms with Crippen molar-refractivity contribution < 1.29 is 4.79 Å². The molecule has 0 bridgehead atoms. The minimum Gasteiger partial charge on any atom is -0.324 e. The number of aromatic nitrogens is 4. The molecule has 0 saturated heterocycles. The van der Waals surface area contributed by atoms with E-state index in [-0.39, 0.29) is 22.1 Å². The SMILES string of the molecule is O=C(Cn1ncc(Cl)c(Cl)c1=O)Nc1ccc2ncc(=O)[nH]c2c1. The number of carbonyl (C=O) groups excluding carboxylic acids is 1. The van der Waals surface area contributed by atoms with Crippen LogP contribution in [0.2, 0.25) is 10.0 Å². The van der Waals surface area contributed by atoms with Crippen molar-refractivity contribution in [2.75, 3.05) is 5.32 Å². The van der Waals surface area contributed by atoms with Crippen LogP contribution in [0.5, 0.6) is 0 Å². The van der Waals surface area contributed by atoms with Gasteiger partial charge >= 0.3 is 0 Å². The van der Waals surface area contributed by atoms with Crippen molar-refractivity contribution in [1.29, 1.82) is 0 Å². The Labute approximate surface area is 144 Å². The van der Waals surface area contributed by atoms with Crippen LogP contribution in [0.3, 0.4) is 0 Å². The van der Waals surface area contributed by atoms with Crippen molar-refractivity contribution in [2.24, 2.45) is 0 Å². The number of benzene rings is 1. The summed E-state index contributed by atoms with van der Waals surface area (Å²) in [6, 6.07) is 4.83. The van der Waals surface area contributed by atoms with E-state index >= 15 is 0 Å². The number of H-pyrrole nitrogens is 1. The molecule has 10 heteroatoms. The summed E-state index contributed by atoms with van der Waals surface area (Å²) in [5, 5.41) is 6.17. The summed E-state index contributed by atoms with van der Waals surface area (Å²) in [5.74, 6) is -0.492. The van der Waals surface area contributed by atoms with E-state index in [9.17, 15) is 14.4 Å². The molecule has 2 N–H and O–H groups in total. The van der Waals surface area contributed by atoms with E-state index in [2.05, 4.69) is 20.4 Å². The molecule has 0 unspecified atom stereocenters. The van der Waals surface area contributed by atoms with E-state index in [4.69, 9.17) is 23.2 Å². The summed E-state index contributed by atoms with van der Waals surface area (Å²) in [4.78, 5) is 41.8. The van der Waals surface area contributed by atoms with Crippen LogP contribution in [0.4, 0.5) is 5.69 Å². The first-order chi connectivity index (χ1) is 11.4. The summed E-state index contributed by atoms with van der Waals surface area (Å²) in [5.41, 5.74) is 0.480. The molecule has 3 aromatic rings. The monoisotopic (exact) mass is 365 g/mol. The van der Waals surface area contributed by atoms with Crippen LogP contribution in [0, 0.1) is 0 Å². The number of nitrogens with zero attached hydrogens (tertiary/aromatic N) is 3. The van der Waals surface area contributed by atoms with Crippen molar-refractivity contribution in [3.8, 4) is 0 Å². The Bertz CT molecular complexity index is 1060. The molecule has 122 valence electrons. The molecular weight excluding hydrogens is 357 g/mol. The van der Waals surface area contributed by atoms with Crippen LogP contribution in [-0.2, 0) is 11.3 Å². The lowest BCUT2D eigenvalue weighted by Gasteiger charge is -2.08. The van der Waals surface area contributed by atoms with Gasteiger partial charge in [-0.2, -0.15) is 5.10 Å². The average molecular weight is 366 g/mol. The molecule has 1 aromatic carbocycles. The Morgan fingerprint density at radius 3 is 2.83 bits per heavy atom. The van der Waals surface area contributed by atoms with Gasteiger partial charge in [-0.1, -0.05) is 23.2 Å². The largest absolute Gasteiger partial charge is 0.324 e. The van der Waals surface area contributed by atoms with Crippen LogP contribution in [-0.4, -0.2) is 25.7 Å². The zero-order valence-corrected chi connectivity index (χ0v) is 13.4. The lowest BCUT2D eigenvalue weighted by molar-refractivity contribution is -0.117. The lowest BCUT2D eigenvalue weighted by atomic mass is 10.2. The fraction of sp³-hybridized carbons (Fsp3) is 0.0714. The summed E-state index contributed by atoms with van der Waals surface area (Å²) in [6.07, 6.45) is 2.36. The molecule has 2 aromatic heterocycles. The fourth-order valence-electron chi connectivity index (χ4n) is 2.01. The zero-order chi connectivity index (χ0) is 17.3. The maximum absolute atomic E-state index is 12.1. The van der Waals surface area contributed by atoms with Gasteiger partial charge in [-0.15, -0.1) is 0 Å². The number of hydrogen-bond donors (Lipinski definition) is 2. The van der Waals surface area contributed by atoms with Gasteiger partial charge in [0.2, 0.25) is 5.91 Å². The third kappa shape index (κ3) is 3.29. The molecule has 3 rings (SSSR count). The third-order valence-corrected chi connectivity index (χ3v) is 3.84. The van der Waals surface area contributed by atoms with E-state index in [1.54, 1.807) is 18.2 Å². The van der Waals surface area contributed by atoms with E-state index in [1.807, 2.05) is 0 Å². The van der Waals surface area contributed by atoms with Crippen molar-refractivity contribution in [2.45, 2.75) is 6.54 Å². The average Bonchev–Trinajstić information content (AvgIpc) is 2.55. The highest BCUT2D eigenvalue weighted by atomic mass is 35.5. The van der Waals surface area contributed by atoms with Gasteiger partial charge in [-0.25, -0.2) is 9.67 Å². The van der Waals surface area contributed by atoms with Crippen LogP contribution in [0.15, 0.2) is 40.2 Å². The first-order valence-electron chi connectivity index (χ1n) is 6.64. The number of rotatable bonds is 3. The highest BCUT2D eigenvalue weighted by molar-refractivity contribution is 6.41. The van der Waals surface area contributed by atoms with Gasteiger partial charge in [0.25, 0.3) is 11.1 Å². The van der Waals surface area contributed by atoms with E-state index in [0.29, 0.717) is 16.7 Å². The smallest absolute Gasteiger partial charge is 0.287 e. The van der Waals surface area contributed by atoms with E-state index in [0.717, 1.165) is 4.68 Å². The van der Waals surface area contributed by atoms with E-state index < -0.39 is 11.5 Å². The van der Waals surface area contributed by atoms with Gasteiger partial charge in [0, 0.05) is 5.69 Å². The number of aromatic amines is 1. The molecule has 24 heavy (non-hydrogen) atoms. The number of anilines is 1. The first-order valence-corrected chi connectivity index (χ1v) is 7.40. The van der Waals surface area contributed by atoms with Gasteiger partial charge in [0.1, 0.15) is 11.6 Å². The Hall–Kier alpha value is -2.71. The maximum atomic E-state index is 12.1. The highest BCUT2D eigenvalue weighted by Gasteiger charge is 2.11. The Kier molecular flexibility index (Phi) is 4.32. The number of hydrogen-bond acceptors (Lipinski definition) is 5. The molecule has 2 heterocycles. The molecule has 1 amide bonds. The maximum Gasteiger partial charge on any atom is 0.287 e.